The van der Waals surface area contributed by atoms with E-state index in [1.807, 2.05) is 18.2 Å². The Morgan fingerprint density at radius 1 is 0.917 bits per heavy atom. The standard InChI is InChI=1S/C28H32ClN3O3S/c1-22-26(29)15-10-16-27(22)32(36(34,35)25-13-4-2-5-14-25)21-28(33)30-19-23-11-6-7-12-24(23)20-31-17-8-3-9-18-31/h2,4-7,10-16H,3,8-9,17-21H2,1H3,(H,30,33). The third-order valence-corrected chi connectivity index (χ3v) is 8.75. The number of piperidine rings is 1. The first-order valence-electron chi connectivity index (χ1n) is 12.2. The minimum atomic E-state index is -3.99. The average Bonchev–Trinajstić information content (AvgIpc) is 2.89. The third-order valence-electron chi connectivity index (χ3n) is 6.56. The summed E-state index contributed by atoms with van der Waals surface area (Å²) in [5.41, 5.74) is 3.19. The van der Waals surface area contributed by atoms with Crippen LogP contribution in [0.5, 0.6) is 0 Å². The number of likely N-dealkylation sites (tertiary alicyclic amines) is 1. The summed E-state index contributed by atoms with van der Waals surface area (Å²) in [6.07, 6.45) is 3.71. The molecule has 190 valence electrons. The predicted octanol–water partition coefficient (Wildman–Crippen LogP) is 5.15. The van der Waals surface area contributed by atoms with Crippen LogP contribution in [0.25, 0.3) is 0 Å². The van der Waals surface area contributed by atoms with Crippen molar-refractivity contribution in [2.45, 2.75) is 44.2 Å². The zero-order valence-corrected chi connectivity index (χ0v) is 22.1. The number of nitrogens with one attached hydrogen (secondary N) is 1. The SMILES string of the molecule is Cc1c(Cl)cccc1N(CC(=O)NCc1ccccc1CN1CCCCC1)S(=O)(=O)c1ccccc1. The van der Waals surface area contributed by atoms with Gasteiger partial charge < -0.3 is 5.32 Å². The Kier molecular flexibility index (Phi) is 8.67. The molecule has 0 bridgehead atoms. The Labute approximate surface area is 218 Å². The molecule has 0 spiro atoms. The molecule has 1 saturated heterocycles. The fraction of sp³-hybridized carbons (Fsp3) is 0.321. The van der Waals surface area contributed by atoms with Gasteiger partial charge in [-0.05, 0) is 73.8 Å². The van der Waals surface area contributed by atoms with Crippen molar-refractivity contribution in [3.63, 3.8) is 0 Å². The molecule has 0 atom stereocenters. The van der Waals surface area contributed by atoms with Crippen molar-refractivity contribution >= 4 is 33.2 Å². The van der Waals surface area contributed by atoms with Crippen LogP contribution in [0.4, 0.5) is 5.69 Å². The number of rotatable bonds is 9. The molecule has 8 heteroatoms. The molecule has 6 nitrogen and oxygen atoms in total. The summed E-state index contributed by atoms with van der Waals surface area (Å²) in [5, 5.41) is 3.38. The minimum Gasteiger partial charge on any atom is -0.350 e. The molecule has 1 N–H and O–H groups in total. The van der Waals surface area contributed by atoms with Gasteiger partial charge in [-0.25, -0.2) is 8.42 Å². The van der Waals surface area contributed by atoms with Crippen molar-refractivity contribution in [2.75, 3.05) is 23.9 Å². The van der Waals surface area contributed by atoms with Gasteiger partial charge in [0.1, 0.15) is 6.54 Å². The summed E-state index contributed by atoms with van der Waals surface area (Å²) < 4.78 is 28.3. The fourth-order valence-electron chi connectivity index (χ4n) is 4.51. The lowest BCUT2D eigenvalue weighted by Gasteiger charge is -2.27. The van der Waals surface area contributed by atoms with Gasteiger partial charge in [0, 0.05) is 18.1 Å². The molecule has 1 aliphatic rings. The largest absolute Gasteiger partial charge is 0.350 e. The van der Waals surface area contributed by atoms with Gasteiger partial charge >= 0.3 is 0 Å². The van der Waals surface area contributed by atoms with Gasteiger partial charge in [-0.15, -0.1) is 0 Å². The summed E-state index contributed by atoms with van der Waals surface area (Å²) in [5.74, 6) is -0.387. The number of halogens is 1. The van der Waals surface area contributed by atoms with Crippen LogP contribution in [-0.4, -0.2) is 38.9 Å². The Bertz CT molecular complexity index is 1290. The summed E-state index contributed by atoms with van der Waals surface area (Å²) >= 11 is 6.30. The number of hydrogen-bond acceptors (Lipinski definition) is 4. The van der Waals surface area contributed by atoms with E-state index in [1.54, 1.807) is 43.3 Å². The van der Waals surface area contributed by atoms with Gasteiger partial charge in [0.2, 0.25) is 5.91 Å². The second-order valence-electron chi connectivity index (χ2n) is 9.09. The van der Waals surface area contributed by atoms with Crippen LogP contribution in [-0.2, 0) is 27.9 Å². The molecule has 1 heterocycles. The van der Waals surface area contributed by atoms with Crippen molar-refractivity contribution < 1.29 is 13.2 Å². The highest BCUT2D eigenvalue weighted by Gasteiger charge is 2.28. The van der Waals surface area contributed by atoms with E-state index in [0.29, 0.717) is 22.8 Å². The van der Waals surface area contributed by atoms with Gasteiger partial charge in [0.25, 0.3) is 10.0 Å². The molecule has 0 unspecified atom stereocenters. The maximum atomic E-state index is 13.6. The molecular formula is C28H32ClN3O3S. The molecule has 4 rings (SSSR count). The van der Waals surface area contributed by atoms with Gasteiger partial charge in [-0.3, -0.25) is 14.0 Å². The number of hydrogen-bond donors (Lipinski definition) is 1. The number of benzene rings is 3. The molecule has 0 radical (unpaired) electrons. The summed E-state index contributed by atoms with van der Waals surface area (Å²) in [6.45, 7) is 4.75. The van der Waals surface area contributed by atoms with Crippen molar-refractivity contribution in [2.24, 2.45) is 0 Å². The molecule has 1 aliphatic heterocycles. The number of sulfonamides is 1. The molecule has 3 aromatic rings. The van der Waals surface area contributed by atoms with E-state index in [9.17, 15) is 13.2 Å². The van der Waals surface area contributed by atoms with Crippen molar-refractivity contribution in [3.05, 3.63) is 94.5 Å². The van der Waals surface area contributed by atoms with E-state index < -0.39 is 10.0 Å². The summed E-state index contributed by atoms with van der Waals surface area (Å²) in [6, 6.07) is 21.3. The van der Waals surface area contributed by atoms with Crippen molar-refractivity contribution in [1.82, 2.24) is 10.2 Å². The highest BCUT2D eigenvalue weighted by Crippen LogP contribution is 2.30. The van der Waals surface area contributed by atoms with Crippen molar-refractivity contribution in [3.8, 4) is 0 Å². The van der Waals surface area contributed by atoms with Crippen LogP contribution in [0.15, 0.2) is 77.7 Å². The lowest BCUT2D eigenvalue weighted by molar-refractivity contribution is -0.119. The van der Waals surface area contributed by atoms with Crippen LogP contribution in [0, 0.1) is 6.92 Å². The van der Waals surface area contributed by atoms with Crippen LogP contribution in [0.3, 0.4) is 0 Å². The summed E-state index contributed by atoms with van der Waals surface area (Å²) in [7, 11) is -3.99. The lowest BCUT2D eigenvalue weighted by atomic mass is 10.0. The molecule has 0 saturated carbocycles. The quantitative estimate of drug-likeness (QED) is 0.419. The smallest absolute Gasteiger partial charge is 0.264 e. The predicted molar refractivity (Wildman–Crippen MR) is 145 cm³/mol. The first-order chi connectivity index (χ1) is 17.4. The number of nitrogens with zero attached hydrogens (tertiary/aromatic N) is 2. The topological polar surface area (TPSA) is 69.7 Å². The second kappa shape index (κ2) is 11.9. The van der Waals surface area contributed by atoms with E-state index >= 15 is 0 Å². The monoisotopic (exact) mass is 525 g/mol. The highest BCUT2D eigenvalue weighted by atomic mass is 35.5. The molecule has 0 aromatic heterocycles. The Balaban J connectivity index is 1.53. The van der Waals surface area contributed by atoms with Gasteiger partial charge in [-0.1, -0.05) is 66.6 Å². The van der Waals surface area contributed by atoms with Gasteiger partial charge in [0.05, 0.1) is 10.6 Å². The van der Waals surface area contributed by atoms with E-state index in [1.165, 1.54) is 37.0 Å². The number of carbonyl (C=O) groups is 1. The van der Waals surface area contributed by atoms with E-state index in [0.717, 1.165) is 29.5 Å². The maximum Gasteiger partial charge on any atom is 0.264 e. The molecule has 1 fully saturated rings. The minimum absolute atomic E-state index is 0.115. The first-order valence-corrected chi connectivity index (χ1v) is 14.1. The third kappa shape index (κ3) is 6.27. The van der Waals surface area contributed by atoms with Gasteiger partial charge in [0.15, 0.2) is 0 Å². The number of anilines is 1. The van der Waals surface area contributed by atoms with Crippen LogP contribution in [0.1, 0.15) is 36.0 Å². The normalized spacial score (nSPS) is 14.4. The fourth-order valence-corrected chi connectivity index (χ4v) is 6.18. The molecule has 0 aliphatic carbocycles. The van der Waals surface area contributed by atoms with Crippen molar-refractivity contribution in [1.29, 1.82) is 0 Å². The molecular weight excluding hydrogens is 494 g/mol. The summed E-state index contributed by atoms with van der Waals surface area (Å²) in [4.78, 5) is 15.7. The number of carbonyl (C=O) groups excluding carboxylic acids is 1. The Hall–Kier alpha value is -2.87. The lowest BCUT2D eigenvalue weighted by Crippen LogP contribution is -2.41. The first kappa shape index (κ1) is 26.2. The van der Waals surface area contributed by atoms with E-state index in [2.05, 4.69) is 16.3 Å². The molecule has 36 heavy (non-hydrogen) atoms. The second-order valence-corrected chi connectivity index (χ2v) is 11.4. The molecule has 3 aromatic carbocycles. The van der Waals surface area contributed by atoms with Crippen LogP contribution < -0.4 is 9.62 Å². The molecule has 1 amide bonds. The van der Waals surface area contributed by atoms with Crippen LogP contribution in [0.2, 0.25) is 5.02 Å². The Morgan fingerprint density at radius 3 is 2.31 bits per heavy atom. The zero-order valence-electron chi connectivity index (χ0n) is 20.5. The van der Waals surface area contributed by atoms with E-state index in [4.69, 9.17) is 11.6 Å². The average molecular weight is 526 g/mol. The zero-order chi connectivity index (χ0) is 25.5. The Morgan fingerprint density at radius 2 is 1.58 bits per heavy atom. The maximum absolute atomic E-state index is 13.6. The highest BCUT2D eigenvalue weighted by molar-refractivity contribution is 7.92. The van der Waals surface area contributed by atoms with Gasteiger partial charge in [-0.2, -0.15) is 0 Å². The number of amides is 1. The van der Waals surface area contributed by atoms with Crippen LogP contribution >= 0.6 is 11.6 Å². The van der Waals surface area contributed by atoms with E-state index in [-0.39, 0.29) is 17.3 Å².